The van der Waals surface area contributed by atoms with Crippen LogP contribution in [-0.4, -0.2) is 34.4 Å². The van der Waals surface area contributed by atoms with Crippen LogP contribution in [0.5, 0.6) is 11.5 Å². The number of amides is 1. The first kappa shape index (κ1) is 18.2. The van der Waals surface area contributed by atoms with Gasteiger partial charge in [0.15, 0.2) is 18.1 Å². The first-order valence-corrected chi connectivity index (χ1v) is 8.14. The Bertz CT molecular complexity index is 999. The zero-order valence-corrected chi connectivity index (χ0v) is 15.0. The van der Waals surface area contributed by atoms with Crippen LogP contribution in [0.1, 0.15) is 5.56 Å². The monoisotopic (exact) mass is 383 g/mol. The highest BCUT2D eigenvalue weighted by Crippen LogP contribution is 2.28. The Morgan fingerprint density at radius 1 is 1.30 bits per heavy atom. The van der Waals surface area contributed by atoms with E-state index in [1.165, 1.54) is 30.5 Å². The number of nitriles is 1. The van der Waals surface area contributed by atoms with Gasteiger partial charge in [0.25, 0.3) is 5.91 Å². The molecule has 0 aliphatic carbocycles. The highest BCUT2D eigenvalue weighted by molar-refractivity contribution is 6.31. The summed E-state index contributed by atoms with van der Waals surface area (Å²) in [5, 5.41) is 16.2. The summed E-state index contributed by atoms with van der Waals surface area (Å²) in [6.45, 7) is -0.258. The smallest absolute Gasteiger partial charge is 0.262 e. The number of rotatable bonds is 6. The number of methoxy groups -OCH3 is 1. The van der Waals surface area contributed by atoms with Crippen molar-refractivity contribution in [3.8, 4) is 23.3 Å². The van der Waals surface area contributed by atoms with E-state index in [1.54, 1.807) is 30.3 Å². The number of ether oxygens (including phenoxy) is 2. The lowest BCUT2D eigenvalue weighted by Gasteiger charge is -2.13. The Morgan fingerprint density at radius 3 is 2.85 bits per heavy atom. The number of halogens is 1. The minimum absolute atomic E-state index is 0.258. The molecule has 1 heterocycles. The standard InChI is InChI=1S/C18H14ClN5O3/c1-26-17-6-12(8-20)2-5-16(17)27-9-18(25)23-14-7-13(19)3-4-15(14)24-11-21-10-22-24/h2-7,10-11H,9H2,1H3,(H,23,25). The third-order valence-corrected chi connectivity index (χ3v) is 3.78. The number of nitrogens with one attached hydrogen (secondary N) is 1. The van der Waals surface area contributed by atoms with Gasteiger partial charge in [-0.15, -0.1) is 0 Å². The zero-order valence-electron chi connectivity index (χ0n) is 14.2. The Kier molecular flexibility index (Phi) is 5.54. The van der Waals surface area contributed by atoms with E-state index in [0.717, 1.165) is 0 Å². The molecule has 3 aromatic rings. The molecule has 0 aliphatic heterocycles. The molecule has 0 spiro atoms. The summed E-state index contributed by atoms with van der Waals surface area (Å²) in [5.74, 6) is 0.326. The molecule has 0 bridgehead atoms. The van der Waals surface area contributed by atoms with Crippen molar-refractivity contribution < 1.29 is 14.3 Å². The Hall–Kier alpha value is -3.57. The highest BCUT2D eigenvalue weighted by atomic mass is 35.5. The molecular weight excluding hydrogens is 370 g/mol. The van der Waals surface area contributed by atoms with Crippen molar-refractivity contribution in [1.82, 2.24) is 14.8 Å². The quantitative estimate of drug-likeness (QED) is 0.702. The molecule has 0 fully saturated rings. The van der Waals surface area contributed by atoms with Crippen molar-refractivity contribution in [3.63, 3.8) is 0 Å². The normalized spacial score (nSPS) is 10.1. The van der Waals surface area contributed by atoms with E-state index in [4.69, 9.17) is 26.3 Å². The van der Waals surface area contributed by atoms with Gasteiger partial charge in [0.1, 0.15) is 12.7 Å². The molecule has 0 aliphatic rings. The summed E-state index contributed by atoms with van der Waals surface area (Å²) in [6, 6.07) is 11.7. The molecule has 1 amide bonds. The highest BCUT2D eigenvalue weighted by Gasteiger charge is 2.12. The Labute approximate surface area is 159 Å². The third-order valence-electron chi connectivity index (χ3n) is 3.55. The fourth-order valence-corrected chi connectivity index (χ4v) is 2.50. The molecule has 0 saturated heterocycles. The maximum atomic E-state index is 12.3. The van der Waals surface area contributed by atoms with Gasteiger partial charge in [0, 0.05) is 11.1 Å². The number of hydrogen-bond donors (Lipinski definition) is 1. The fourth-order valence-electron chi connectivity index (χ4n) is 2.33. The van der Waals surface area contributed by atoms with E-state index >= 15 is 0 Å². The van der Waals surface area contributed by atoms with Crippen LogP contribution >= 0.6 is 11.6 Å². The van der Waals surface area contributed by atoms with Crippen LogP contribution in [0.2, 0.25) is 5.02 Å². The van der Waals surface area contributed by atoms with Crippen LogP contribution in [0.15, 0.2) is 49.1 Å². The van der Waals surface area contributed by atoms with E-state index < -0.39 is 5.91 Å². The molecule has 0 atom stereocenters. The maximum absolute atomic E-state index is 12.3. The molecular formula is C18H14ClN5O3. The van der Waals surface area contributed by atoms with Gasteiger partial charge in [-0.2, -0.15) is 10.4 Å². The van der Waals surface area contributed by atoms with E-state index in [-0.39, 0.29) is 6.61 Å². The van der Waals surface area contributed by atoms with Gasteiger partial charge in [-0.3, -0.25) is 4.79 Å². The van der Waals surface area contributed by atoms with Gasteiger partial charge in [-0.25, -0.2) is 9.67 Å². The first-order valence-electron chi connectivity index (χ1n) is 7.76. The fraction of sp³-hybridized carbons (Fsp3) is 0.111. The molecule has 136 valence electrons. The van der Waals surface area contributed by atoms with E-state index in [9.17, 15) is 4.79 Å². The molecule has 9 heteroatoms. The molecule has 8 nitrogen and oxygen atoms in total. The van der Waals surface area contributed by atoms with Gasteiger partial charge < -0.3 is 14.8 Å². The number of carbonyl (C=O) groups is 1. The number of carbonyl (C=O) groups excluding carboxylic acids is 1. The Morgan fingerprint density at radius 2 is 2.15 bits per heavy atom. The summed E-state index contributed by atoms with van der Waals surface area (Å²) in [6.07, 6.45) is 2.90. The van der Waals surface area contributed by atoms with Crippen molar-refractivity contribution in [2.45, 2.75) is 0 Å². The lowest BCUT2D eigenvalue weighted by atomic mass is 10.2. The predicted octanol–water partition coefficient (Wildman–Crippen LogP) is 2.82. The number of nitrogens with zero attached hydrogens (tertiary/aromatic N) is 4. The van der Waals surface area contributed by atoms with Crippen molar-refractivity contribution in [2.75, 3.05) is 19.0 Å². The van der Waals surface area contributed by atoms with Crippen LogP contribution < -0.4 is 14.8 Å². The molecule has 0 unspecified atom stereocenters. The number of benzene rings is 2. The summed E-state index contributed by atoms with van der Waals surface area (Å²) >= 11 is 6.03. The van der Waals surface area contributed by atoms with Gasteiger partial charge in [0.2, 0.25) is 0 Å². The SMILES string of the molecule is COc1cc(C#N)ccc1OCC(=O)Nc1cc(Cl)ccc1-n1cncn1. The lowest BCUT2D eigenvalue weighted by Crippen LogP contribution is -2.21. The molecule has 1 N–H and O–H groups in total. The number of anilines is 1. The molecule has 0 radical (unpaired) electrons. The molecule has 27 heavy (non-hydrogen) atoms. The summed E-state index contributed by atoms with van der Waals surface area (Å²) in [7, 11) is 1.46. The van der Waals surface area contributed by atoms with Crippen molar-refractivity contribution in [2.24, 2.45) is 0 Å². The lowest BCUT2D eigenvalue weighted by molar-refractivity contribution is -0.118. The molecule has 2 aromatic carbocycles. The van der Waals surface area contributed by atoms with Gasteiger partial charge in [-0.05, 0) is 30.3 Å². The van der Waals surface area contributed by atoms with Crippen LogP contribution in [0, 0.1) is 11.3 Å². The maximum Gasteiger partial charge on any atom is 0.262 e. The Balaban J connectivity index is 1.72. The van der Waals surface area contributed by atoms with E-state index in [0.29, 0.717) is 33.5 Å². The number of hydrogen-bond acceptors (Lipinski definition) is 6. The van der Waals surface area contributed by atoms with Crippen molar-refractivity contribution in [3.05, 3.63) is 59.6 Å². The average molecular weight is 384 g/mol. The predicted molar refractivity (Wildman–Crippen MR) is 98.2 cm³/mol. The van der Waals surface area contributed by atoms with Crippen LogP contribution in [-0.2, 0) is 4.79 Å². The second-order valence-corrected chi connectivity index (χ2v) is 5.75. The number of aromatic nitrogens is 3. The second-order valence-electron chi connectivity index (χ2n) is 5.32. The van der Waals surface area contributed by atoms with Crippen molar-refractivity contribution in [1.29, 1.82) is 5.26 Å². The minimum atomic E-state index is -0.398. The van der Waals surface area contributed by atoms with E-state index in [2.05, 4.69) is 15.4 Å². The zero-order chi connectivity index (χ0) is 19.2. The van der Waals surface area contributed by atoms with Crippen LogP contribution in [0.4, 0.5) is 5.69 Å². The largest absolute Gasteiger partial charge is 0.493 e. The van der Waals surface area contributed by atoms with Crippen LogP contribution in [0.25, 0.3) is 5.69 Å². The summed E-state index contributed by atoms with van der Waals surface area (Å²) in [5.41, 5.74) is 1.51. The van der Waals surface area contributed by atoms with Gasteiger partial charge >= 0.3 is 0 Å². The molecule has 1 aromatic heterocycles. The second kappa shape index (κ2) is 8.21. The topological polar surface area (TPSA) is 102 Å². The van der Waals surface area contributed by atoms with Crippen LogP contribution in [0.3, 0.4) is 0 Å². The van der Waals surface area contributed by atoms with E-state index in [1.807, 2.05) is 6.07 Å². The van der Waals surface area contributed by atoms with Gasteiger partial charge in [-0.1, -0.05) is 11.6 Å². The summed E-state index contributed by atoms with van der Waals surface area (Å²) < 4.78 is 12.2. The van der Waals surface area contributed by atoms with Crippen molar-refractivity contribution >= 4 is 23.2 Å². The molecule has 3 rings (SSSR count). The third kappa shape index (κ3) is 4.34. The van der Waals surface area contributed by atoms with Gasteiger partial charge in [0.05, 0.1) is 30.1 Å². The average Bonchev–Trinajstić information content (AvgIpc) is 3.20. The minimum Gasteiger partial charge on any atom is -0.493 e. The first-order chi connectivity index (χ1) is 13.1. The summed E-state index contributed by atoms with van der Waals surface area (Å²) in [4.78, 5) is 16.2. The molecule has 0 saturated carbocycles.